The van der Waals surface area contributed by atoms with E-state index in [1.807, 2.05) is 65.4 Å². The minimum Gasteiger partial charge on any atom is -0.292 e. The molecule has 0 bridgehead atoms. The molecule has 5 rings (SSSR count). The fraction of sp³-hybridized carbons (Fsp3) is 0.192. The first-order valence-corrected chi connectivity index (χ1v) is 11.9. The minimum absolute atomic E-state index is 0.0996. The first kappa shape index (κ1) is 22.7. The predicted molar refractivity (Wildman–Crippen MR) is 136 cm³/mol. The van der Waals surface area contributed by atoms with E-state index in [0.29, 0.717) is 23.1 Å². The van der Waals surface area contributed by atoms with Crippen molar-refractivity contribution in [3.8, 4) is 28.3 Å². The summed E-state index contributed by atoms with van der Waals surface area (Å²) in [7, 11) is 0. The lowest BCUT2D eigenvalue weighted by atomic mass is 10.0. The highest BCUT2D eigenvalue weighted by atomic mass is 35.5. The van der Waals surface area contributed by atoms with Crippen molar-refractivity contribution in [3.05, 3.63) is 99.8 Å². The number of halogens is 1. The standard InChI is InChI=1S/C26H24ClN7O/c1-2-3-7-20-17-34(23-10-5-4-9-22(23)27)26(35)33(20)16-18-11-13-19(14-12-18)24-21(8-6-15-28-24)25-29-31-32-30-25/h4-6,8-15,17H,2-3,7,16H2,1H3,(H,29,30,31,32). The molecule has 8 nitrogen and oxygen atoms in total. The topological polar surface area (TPSA) is 94.3 Å². The van der Waals surface area contributed by atoms with Crippen LogP contribution in [0.25, 0.3) is 28.3 Å². The molecule has 0 amide bonds. The molecule has 9 heteroatoms. The fourth-order valence-electron chi connectivity index (χ4n) is 4.12. The van der Waals surface area contributed by atoms with Crippen molar-refractivity contribution in [1.82, 2.24) is 34.7 Å². The van der Waals surface area contributed by atoms with E-state index in [-0.39, 0.29) is 5.69 Å². The summed E-state index contributed by atoms with van der Waals surface area (Å²) in [6.07, 6.45) is 6.53. The van der Waals surface area contributed by atoms with Crippen LogP contribution in [0.15, 0.2) is 77.9 Å². The van der Waals surface area contributed by atoms with E-state index in [4.69, 9.17) is 11.6 Å². The Morgan fingerprint density at radius 3 is 2.60 bits per heavy atom. The molecule has 3 heterocycles. The summed E-state index contributed by atoms with van der Waals surface area (Å²) in [5.41, 5.74) is 5.09. The molecule has 0 aliphatic carbocycles. The molecule has 0 saturated carbocycles. The maximum atomic E-state index is 13.4. The molecule has 0 aliphatic rings. The van der Waals surface area contributed by atoms with Gasteiger partial charge in [-0.3, -0.25) is 14.1 Å². The Morgan fingerprint density at radius 1 is 1.03 bits per heavy atom. The second-order valence-electron chi connectivity index (χ2n) is 8.25. The molecule has 5 aromatic rings. The van der Waals surface area contributed by atoms with Gasteiger partial charge in [-0.05, 0) is 47.9 Å². The lowest BCUT2D eigenvalue weighted by molar-refractivity contribution is 0.674. The normalized spacial score (nSPS) is 11.1. The zero-order chi connectivity index (χ0) is 24.2. The molecule has 0 spiro atoms. The van der Waals surface area contributed by atoms with Crippen LogP contribution in [0.5, 0.6) is 0 Å². The average Bonchev–Trinajstić information content (AvgIpc) is 3.53. The zero-order valence-electron chi connectivity index (χ0n) is 19.2. The third-order valence-electron chi connectivity index (χ3n) is 5.92. The molecule has 3 aromatic heterocycles. The Bertz CT molecular complexity index is 1490. The van der Waals surface area contributed by atoms with Crippen molar-refractivity contribution in [3.63, 3.8) is 0 Å². The number of aromatic amines is 1. The molecule has 0 fully saturated rings. The number of imidazole rings is 1. The Hall–Kier alpha value is -4.04. The van der Waals surface area contributed by atoms with Crippen LogP contribution in [0.3, 0.4) is 0 Å². The largest absolute Gasteiger partial charge is 0.333 e. The maximum Gasteiger partial charge on any atom is 0.333 e. The Morgan fingerprint density at radius 2 is 1.86 bits per heavy atom. The molecule has 0 radical (unpaired) electrons. The quantitative estimate of drug-likeness (QED) is 0.336. The smallest absolute Gasteiger partial charge is 0.292 e. The summed E-state index contributed by atoms with van der Waals surface area (Å²) in [6, 6.07) is 19.2. The van der Waals surface area contributed by atoms with Gasteiger partial charge in [-0.2, -0.15) is 5.21 Å². The number of para-hydroxylation sites is 1. The first-order chi connectivity index (χ1) is 17.2. The minimum atomic E-state index is -0.0996. The van der Waals surface area contributed by atoms with Crippen LogP contribution in [0.4, 0.5) is 0 Å². The SMILES string of the molecule is CCCCc1cn(-c2ccccc2Cl)c(=O)n1Cc1ccc(-c2ncccc2-c2nn[nH]n2)cc1. The van der Waals surface area contributed by atoms with E-state index in [0.717, 1.165) is 47.3 Å². The number of nitrogens with one attached hydrogen (secondary N) is 1. The summed E-state index contributed by atoms with van der Waals surface area (Å²) in [6.45, 7) is 2.61. The molecule has 0 atom stereocenters. The highest BCUT2D eigenvalue weighted by Gasteiger charge is 2.16. The van der Waals surface area contributed by atoms with Gasteiger partial charge in [0.05, 0.1) is 22.9 Å². The van der Waals surface area contributed by atoms with Crippen molar-refractivity contribution < 1.29 is 0 Å². The predicted octanol–water partition coefficient (Wildman–Crippen LogP) is 4.93. The van der Waals surface area contributed by atoms with Gasteiger partial charge in [0.25, 0.3) is 0 Å². The van der Waals surface area contributed by atoms with Crippen LogP contribution in [-0.4, -0.2) is 34.7 Å². The summed E-state index contributed by atoms with van der Waals surface area (Å²) < 4.78 is 3.48. The van der Waals surface area contributed by atoms with Gasteiger partial charge < -0.3 is 0 Å². The number of aromatic nitrogens is 7. The van der Waals surface area contributed by atoms with Crippen molar-refractivity contribution in [2.24, 2.45) is 0 Å². The maximum absolute atomic E-state index is 13.4. The Kier molecular flexibility index (Phi) is 6.54. The number of unbranched alkanes of at least 4 members (excludes halogenated alkanes) is 1. The van der Waals surface area contributed by atoms with E-state index in [2.05, 4.69) is 32.5 Å². The average molecular weight is 486 g/mol. The molecular formula is C26H24ClN7O. The number of nitrogens with zero attached hydrogens (tertiary/aromatic N) is 6. The van der Waals surface area contributed by atoms with Crippen LogP contribution in [0.2, 0.25) is 5.02 Å². The second kappa shape index (κ2) is 10.1. The number of hydrogen-bond donors (Lipinski definition) is 1. The van der Waals surface area contributed by atoms with E-state index in [9.17, 15) is 4.79 Å². The third-order valence-corrected chi connectivity index (χ3v) is 6.24. The van der Waals surface area contributed by atoms with E-state index >= 15 is 0 Å². The highest BCUT2D eigenvalue weighted by molar-refractivity contribution is 6.32. The van der Waals surface area contributed by atoms with Gasteiger partial charge in [0, 0.05) is 29.2 Å². The summed E-state index contributed by atoms with van der Waals surface area (Å²) in [4.78, 5) is 17.9. The molecule has 176 valence electrons. The van der Waals surface area contributed by atoms with Crippen LogP contribution in [0.1, 0.15) is 31.0 Å². The van der Waals surface area contributed by atoms with Gasteiger partial charge in [-0.1, -0.05) is 61.3 Å². The number of pyridine rings is 1. The summed E-state index contributed by atoms with van der Waals surface area (Å²) >= 11 is 6.39. The summed E-state index contributed by atoms with van der Waals surface area (Å²) in [5, 5.41) is 14.9. The van der Waals surface area contributed by atoms with Crippen molar-refractivity contribution in [1.29, 1.82) is 0 Å². The number of aryl methyl sites for hydroxylation is 1. The van der Waals surface area contributed by atoms with Gasteiger partial charge in [-0.15, -0.1) is 10.2 Å². The number of rotatable bonds is 8. The number of benzene rings is 2. The Balaban J connectivity index is 1.47. The van der Waals surface area contributed by atoms with E-state index in [1.165, 1.54) is 0 Å². The Labute approximate surface area is 207 Å². The lowest BCUT2D eigenvalue weighted by Gasteiger charge is -2.09. The molecule has 0 unspecified atom stereocenters. The van der Waals surface area contributed by atoms with Crippen LogP contribution in [-0.2, 0) is 13.0 Å². The van der Waals surface area contributed by atoms with Crippen LogP contribution in [0, 0.1) is 0 Å². The van der Waals surface area contributed by atoms with Crippen molar-refractivity contribution in [2.45, 2.75) is 32.7 Å². The zero-order valence-corrected chi connectivity index (χ0v) is 20.0. The molecule has 35 heavy (non-hydrogen) atoms. The van der Waals surface area contributed by atoms with Gasteiger partial charge in [0.15, 0.2) is 0 Å². The van der Waals surface area contributed by atoms with Crippen molar-refractivity contribution >= 4 is 11.6 Å². The van der Waals surface area contributed by atoms with Gasteiger partial charge in [-0.25, -0.2) is 4.79 Å². The van der Waals surface area contributed by atoms with Crippen molar-refractivity contribution in [2.75, 3.05) is 0 Å². The van der Waals surface area contributed by atoms with Gasteiger partial charge in [0.2, 0.25) is 5.82 Å². The number of tetrazole rings is 1. The first-order valence-electron chi connectivity index (χ1n) is 11.5. The third kappa shape index (κ3) is 4.65. The van der Waals surface area contributed by atoms with Gasteiger partial charge >= 0.3 is 5.69 Å². The van der Waals surface area contributed by atoms with E-state index < -0.39 is 0 Å². The summed E-state index contributed by atoms with van der Waals surface area (Å²) in [5.74, 6) is 0.491. The molecular weight excluding hydrogens is 462 g/mol. The monoisotopic (exact) mass is 485 g/mol. The fourth-order valence-corrected chi connectivity index (χ4v) is 4.34. The number of hydrogen-bond acceptors (Lipinski definition) is 5. The molecule has 0 saturated heterocycles. The lowest BCUT2D eigenvalue weighted by Crippen LogP contribution is -2.25. The molecule has 1 N–H and O–H groups in total. The van der Waals surface area contributed by atoms with E-state index in [1.54, 1.807) is 16.8 Å². The highest BCUT2D eigenvalue weighted by Crippen LogP contribution is 2.28. The molecule has 0 aliphatic heterocycles. The molecule has 2 aromatic carbocycles. The number of H-pyrrole nitrogens is 1. The van der Waals surface area contributed by atoms with Crippen LogP contribution < -0.4 is 5.69 Å². The van der Waals surface area contributed by atoms with Gasteiger partial charge in [0.1, 0.15) is 0 Å². The van der Waals surface area contributed by atoms with Crippen LogP contribution >= 0.6 is 11.6 Å². The second-order valence-corrected chi connectivity index (χ2v) is 8.65.